The second-order valence-corrected chi connectivity index (χ2v) is 9.18. The highest BCUT2D eigenvalue weighted by atomic mass is 31.1. The van der Waals surface area contributed by atoms with Crippen LogP contribution in [0.1, 0.15) is 116 Å². The zero-order valence-electron chi connectivity index (χ0n) is 21.0. The van der Waals surface area contributed by atoms with Crippen LogP contribution in [0.4, 0.5) is 0 Å². The van der Waals surface area contributed by atoms with Crippen molar-refractivity contribution >= 4 is 14.2 Å². The molecular weight excluding hydrogens is 421 g/mol. The molecule has 0 fully saturated rings. The minimum absolute atomic E-state index is 0.103. The second kappa shape index (κ2) is 23.0. The van der Waals surface area contributed by atoms with Crippen LogP contribution in [0.15, 0.2) is 30.3 Å². The monoisotopic (exact) mass is 469 g/mol. The molecule has 186 valence electrons. The van der Waals surface area contributed by atoms with Crippen LogP contribution in [0.3, 0.4) is 0 Å². The van der Waals surface area contributed by atoms with E-state index in [0.29, 0.717) is 19.6 Å². The summed E-state index contributed by atoms with van der Waals surface area (Å²) in [6, 6.07) is 10.3. The Hall–Kier alpha value is -1.16. The van der Waals surface area contributed by atoms with E-state index in [1.807, 2.05) is 25.1 Å². The third kappa shape index (κ3) is 19.5. The van der Waals surface area contributed by atoms with Gasteiger partial charge in [-0.3, -0.25) is 9.36 Å². The van der Waals surface area contributed by atoms with E-state index in [0.717, 1.165) is 6.42 Å². The fourth-order valence-corrected chi connectivity index (χ4v) is 3.92. The number of rotatable bonds is 18. The molecule has 1 amide bonds. The molecule has 1 rings (SSSR count). The van der Waals surface area contributed by atoms with Gasteiger partial charge in [-0.1, -0.05) is 101 Å². The van der Waals surface area contributed by atoms with Crippen LogP contribution < -0.4 is 5.32 Å². The van der Waals surface area contributed by atoms with Crippen molar-refractivity contribution in [2.75, 3.05) is 13.2 Å². The first kappa shape index (κ1) is 30.8. The van der Waals surface area contributed by atoms with Crippen molar-refractivity contribution in [1.29, 1.82) is 0 Å². The number of hydrogen-bond acceptors (Lipinski definition) is 4. The number of carbonyl (C=O) groups is 1. The van der Waals surface area contributed by atoms with Gasteiger partial charge in [0.05, 0.1) is 19.3 Å². The number of carbonyl (C=O) groups excluding carboxylic acids is 1. The summed E-state index contributed by atoms with van der Waals surface area (Å²) in [7, 11) is -2.14. The average Bonchev–Trinajstić information content (AvgIpc) is 2.79. The molecule has 1 unspecified atom stereocenters. The van der Waals surface area contributed by atoms with Crippen LogP contribution in [0.25, 0.3) is 0 Å². The Bertz CT molecular complexity index is 560. The van der Waals surface area contributed by atoms with Crippen LogP contribution in [0, 0.1) is 0 Å². The Kier molecular flexibility index (Phi) is 22.2. The Morgan fingerprint density at radius 3 is 1.75 bits per heavy atom. The highest BCUT2D eigenvalue weighted by Crippen LogP contribution is 2.22. The molecule has 1 atom stereocenters. The van der Waals surface area contributed by atoms with Crippen molar-refractivity contribution in [3.63, 3.8) is 0 Å². The molecule has 0 aliphatic heterocycles. The number of amides is 1. The van der Waals surface area contributed by atoms with Crippen LogP contribution in [-0.4, -0.2) is 19.1 Å². The lowest BCUT2D eigenvalue weighted by Crippen LogP contribution is -2.26. The molecule has 6 heteroatoms. The first-order chi connectivity index (χ1) is 15.5. The van der Waals surface area contributed by atoms with Gasteiger partial charge in [0.25, 0.3) is 0 Å². The molecule has 0 aromatic heterocycles. The lowest BCUT2D eigenvalue weighted by atomic mass is 10.0. The number of nitrogens with one attached hydrogen (secondary N) is 1. The summed E-state index contributed by atoms with van der Waals surface area (Å²) in [5.74, 6) is 0.183. The summed E-state index contributed by atoms with van der Waals surface area (Å²) in [6.45, 7) is 8.79. The first-order valence-electron chi connectivity index (χ1n) is 12.7. The van der Waals surface area contributed by atoms with E-state index in [4.69, 9.17) is 0 Å². The number of unbranched alkanes of at least 4 members (excludes halogenated alkanes) is 10. The Balaban J connectivity index is 0.00000102. The molecule has 5 nitrogen and oxygen atoms in total. The minimum Gasteiger partial charge on any atom is -0.350 e. The van der Waals surface area contributed by atoms with Gasteiger partial charge in [0.1, 0.15) is 0 Å². The highest BCUT2D eigenvalue weighted by Gasteiger charge is 2.08. The van der Waals surface area contributed by atoms with Gasteiger partial charge in [0.2, 0.25) is 5.91 Å². The summed E-state index contributed by atoms with van der Waals surface area (Å²) in [6.07, 6.45) is 15.2. The zero-order valence-corrected chi connectivity index (χ0v) is 22.0. The standard InChI is InChI=1S/C22H37NO.C4H11O3P/c1-3-4-5-6-7-8-9-10-11-12-16-19-22(24)23-20(2)21-17-14-13-15-18-21;1-3-6-8(5)7-4-2/h13-15,17-18,20H,3-12,16,19H2,1-2H3,(H,23,24);8H,3-4H2,1-2H3. The fraction of sp³-hybridized carbons (Fsp3) is 0.731. The lowest BCUT2D eigenvalue weighted by molar-refractivity contribution is -0.121. The molecule has 32 heavy (non-hydrogen) atoms. The third-order valence-corrected chi connectivity index (χ3v) is 6.26. The summed E-state index contributed by atoms with van der Waals surface area (Å²) >= 11 is 0. The fourth-order valence-electron chi connectivity index (χ4n) is 3.37. The molecule has 0 aliphatic carbocycles. The molecular formula is C26H48NO4P. The molecule has 0 radical (unpaired) electrons. The Labute approximate surface area is 198 Å². The molecule has 1 N–H and O–H groups in total. The van der Waals surface area contributed by atoms with Crippen molar-refractivity contribution < 1.29 is 18.4 Å². The lowest BCUT2D eigenvalue weighted by Gasteiger charge is -2.14. The van der Waals surface area contributed by atoms with Gasteiger partial charge in [0.15, 0.2) is 0 Å². The van der Waals surface area contributed by atoms with E-state index in [1.54, 1.807) is 13.8 Å². The van der Waals surface area contributed by atoms with Gasteiger partial charge < -0.3 is 14.4 Å². The van der Waals surface area contributed by atoms with Crippen molar-refractivity contribution in [3.05, 3.63) is 35.9 Å². The van der Waals surface area contributed by atoms with Crippen molar-refractivity contribution in [3.8, 4) is 0 Å². The van der Waals surface area contributed by atoms with Gasteiger partial charge in [-0.2, -0.15) is 0 Å². The molecule has 0 spiro atoms. The molecule has 0 saturated heterocycles. The van der Waals surface area contributed by atoms with Crippen LogP contribution in [0.5, 0.6) is 0 Å². The first-order valence-corrected chi connectivity index (χ1v) is 13.9. The smallest absolute Gasteiger partial charge is 0.319 e. The topological polar surface area (TPSA) is 64.6 Å². The van der Waals surface area contributed by atoms with E-state index < -0.39 is 8.25 Å². The Morgan fingerprint density at radius 2 is 1.28 bits per heavy atom. The molecule has 0 aliphatic rings. The van der Waals surface area contributed by atoms with Gasteiger partial charge in [-0.15, -0.1) is 0 Å². The van der Waals surface area contributed by atoms with Crippen molar-refractivity contribution in [2.24, 2.45) is 0 Å². The van der Waals surface area contributed by atoms with Crippen molar-refractivity contribution in [2.45, 2.75) is 111 Å². The van der Waals surface area contributed by atoms with Crippen LogP contribution in [-0.2, 0) is 18.4 Å². The maximum atomic E-state index is 12.0. The molecule has 0 heterocycles. The van der Waals surface area contributed by atoms with E-state index in [9.17, 15) is 9.36 Å². The molecule has 1 aromatic rings. The molecule has 1 aromatic carbocycles. The largest absolute Gasteiger partial charge is 0.350 e. The van der Waals surface area contributed by atoms with E-state index in [-0.39, 0.29) is 11.9 Å². The maximum absolute atomic E-state index is 12.0. The Morgan fingerprint density at radius 1 is 0.812 bits per heavy atom. The van der Waals surface area contributed by atoms with E-state index >= 15 is 0 Å². The van der Waals surface area contributed by atoms with E-state index in [1.165, 1.54) is 69.8 Å². The predicted molar refractivity (Wildman–Crippen MR) is 136 cm³/mol. The summed E-state index contributed by atoms with van der Waals surface area (Å²) in [5, 5.41) is 3.09. The summed E-state index contributed by atoms with van der Waals surface area (Å²) in [4.78, 5) is 12.0. The minimum atomic E-state index is -2.14. The van der Waals surface area contributed by atoms with Crippen LogP contribution >= 0.6 is 8.25 Å². The number of benzene rings is 1. The number of hydrogen-bond donors (Lipinski definition) is 1. The quantitative estimate of drug-likeness (QED) is 0.175. The molecule has 0 bridgehead atoms. The summed E-state index contributed by atoms with van der Waals surface area (Å²) < 4.78 is 19.6. The summed E-state index contributed by atoms with van der Waals surface area (Å²) in [5.41, 5.74) is 1.17. The van der Waals surface area contributed by atoms with Gasteiger partial charge >= 0.3 is 8.25 Å². The second-order valence-electron chi connectivity index (χ2n) is 8.10. The van der Waals surface area contributed by atoms with Crippen molar-refractivity contribution in [1.82, 2.24) is 5.32 Å². The van der Waals surface area contributed by atoms with Gasteiger partial charge in [0, 0.05) is 6.42 Å². The third-order valence-electron chi connectivity index (χ3n) is 5.21. The zero-order chi connectivity index (χ0) is 23.9. The highest BCUT2D eigenvalue weighted by molar-refractivity contribution is 7.33. The maximum Gasteiger partial charge on any atom is 0.319 e. The normalized spacial score (nSPS) is 11.7. The SMILES string of the molecule is CCCCCCCCCCCCCC(=O)NC(C)c1ccccc1.CCO[PH](=O)OCC. The van der Waals surface area contributed by atoms with E-state index in [2.05, 4.69) is 33.4 Å². The molecule has 0 saturated carbocycles. The van der Waals surface area contributed by atoms with Gasteiger partial charge in [-0.25, -0.2) is 0 Å². The predicted octanol–water partition coefficient (Wildman–Crippen LogP) is 8.01. The van der Waals surface area contributed by atoms with Gasteiger partial charge in [-0.05, 0) is 32.8 Å². The van der Waals surface area contributed by atoms with Crippen LogP contribution in [0.2, 0.25) is 0 Å². The average molecular weight is 470 g/mol.